The lowest BCUT2D eigenvalue weighted by atomic mass is 9.88. The van der Waals surface area contributed by atoms with Crippen molar-refractivity contribution in [2.75, 3.05) is 31.5 Å². The van der Waals surface area contributed by atoms with Crippen molar-refractivity contribution >= 4 is 35.1 Å². The Bertz CT molecular complexity index is 1640. The minimum atomic E-state index is -4.74. The molecule has 3 aromatic rings. The Hall–Kier alpha value is -4.37. The Morgan fingerprint density at radius 3 is 2.42 bits per heavy atom. The van der Waals surface area contributed by atoms with Crippen LogP contribution >= 0.6 is 11.6 Å². The molecule has 4 amide bonds. The number of hydrogen-bond acceptors (Lipinski definition) is 6. The van der Waals surface area contributed by atoms with Crippen molar-refractivity contribution < 1.29 is 27.6 Å². The van der Waals surface area contributed by atoms with Gasteiger partial charge in [0.1, 0.15) is 0 Å². The number of urea groups is 1. The molecule has 0 atom stereocenters. The largest absolute Gasteiger partial charge is 0.435 e. The normalized spacial score (nSPS) is 18.4. The minimum absolute atomic E-state index is 0.0428. The number of imidazole rings is 1. The molecule has 45 heavy (non-hydrogen) atoms. The third kappa shape index (κ3) is 6.83. The average Bonchev–Trinajstić information content (AvgIpc) is 3.54. The molecule has 1 saturated heterocycles. The molecule has 0 spiro atoms. The van der Waals surface area contributed by atoms with Gasteiger partial charge in [0.05, 0.1) is 28.0 Å². The number of benzene rings is 1. The fraction of sp³-hybridized carbons (Fsp3) is 0.414. The van der Waals surface area contributed by atoms with Gasteiger partial charge in [-0.15, -0.1) is 0 Å². The maximum atomic E-state index is 13.8. The number of rotatable bonds is 7. The molecule has 1 aromatic carbocycles. The molecular formula is C29H33ClF3N9O3. The van der Waals surface area contributed by atoms with E-state index in [2.05, 4.69) is 32.4 Å². The van der Waals surface area contributed by atoms with Gasteiger partial charge < -0.3 is 30.7 Å². The number of aromatic amines is 1. The Kier molecular flexibility index (Phi) is 8.94. The van der Waals surface area contributed by atoms with Crippen molar-refractivity contribution in [3.05, 3.63) is 64.3 Å². The number of amides is 4. The standard InChI is InChI=1S/C29H33ClF3N9O3/c1-15(2)10-21-23(24(39-38-21)29(31,32)33)22-14-35-25(40(22)3)26(43)36-17-4-5-19(20(30)13-17)27(44)41-6-8-42(9-7-41)28(45)37-18-11-16(34)12-18/h4-5,13-14,16,18H,1,6-12,34H2,2-3H3,(H,36,43)(H,37,45)(H,38,39). The molecule has 0 bridgehead atoms. The average molecular weight is 648 g/mol. The number of alkyl halides is 3. The first-order valence-corrected chi connectivity index (χ1v) is 14.6. The Balaban J connectivity index is 1.24. The summed E-state index contributed by atoms with van der Waals surface area (Å²) >= 11 is 6.44. The van der Waals surface area contributed by atoms with Gasteiger partial charge in [0.15, 0.2) is 11.5 Å². The van der Waals surface area contributed by atoms with Crippen molar-refractivity contribution in [2.24, 2.45) is 12.8 Å². The maximum Gasteiger partial charge on any atom is 0.435 e. The molecule has 2 fully saturated rings. The molecule has 3 heterocycles. The SMILES string of the molecule is C=C(C)Cc1[nH]nc(C(F)(F)F)c1-c1cnc(C(=O)Nc2ccc(C(=O)N3CCN(C(=O)NC4CC(N)C4)CC3)c(Cl)c2)n1C. The van der Waals surface area contributed by atoms with Crippen LogP contribution in [0.2, 0.25) is 5.02 Å². The number of nitrogens with two attached hydrogens (primary N) is 1. The van der Waals surface area contributed by atoms with Crippen LogP contribution in [0.4, 0.5) is 23.7 Å². The first-order chi connectivity index (χ1) is 21.2. The van der Waals surface area contributed by atoms with Crippen molar-refractivity contribution in [1.29, 1.82) is 0 Å². The monoisotopic (exact) mass is 647 g/mol. The van der Waals surface area contributed by atoms with Gasteiger partial charge in [-0.05, 0) is 38.0 Å². The lowest BCUT2D eigenvalue weighted by Gasteiger charge is -2.38. The van der Waals surface area contributed by atoms with Crippen LogP contribution in [0.5, 0.6) is 0 Å². The number of nitrogens with zero attached hydrogens (tertiary/aromatic N) is 5. The highest BCUT2D eigenvalue weighted by molar-refractivity contribution is 6.34. The van der Waals surface area contributed by atoms with E-state index >= 15 is 0 Å². The second kappa shape index (κ2) is 12.6. The van der Waals surface area contributed by atoms with Crippen LogP contribution in [-0.4, -0.2) is 85.7 Å². The third-order valence-electron chi connectivity index (χ3n) is 7.85. The van der Waals surface area contributed by atoms with Gasteiger partial charge in [0.25, 0.3) is 11.8 Å². The zero-order chi connectivity index (χ0) is 32.6. The van der Waals surface area contributed by atoms with Crippen LogP contribution in [0.1, 0.15) is 52.1 Å². The summed E-state index contributed by atoms with van der Waals surface area (Å²) in [4.78, 5) is 46.1. The molecule has 0 unspecified atom stereocenters. The number of H-pyrrole nitrogens is 1. The van der Waals surface area contributed by atoms with Gasteiger partial charge in [0, 0.05) is 63.1 Å². The van der Waals surface area contributed by atoms with Crippen LogP contribution in [0.25, 0.3) is 11.3 Å². The molecule has 16 heteroatoms. The van der Waals surface area contributed by atoms with Crippen molar-refractivity contribution in [3.63, 3.8) is 0 Å². The quantitative estimate of drug-likeness (QED) is 0.286. The van der Waals surface area contributed by atoms with E-state index in [1.54, 1.807) is 16.7 Å². The van der Waals surface area contributed by atoms with E-state index < -0.39 is 17.8 Å². The number of nitrogens with one attached hydrogen (secondary N) is 3. The van der Waals surface area contributed by atoms with E-state index in [-0.39, 0.29) is 69.5 Å². The number of allylic oxidation sites excluding steroid dienone is 1. The van der Waals surface area contributed by atoms with Crippen LogP contribution in [0.15, 0.2) is 36.5 Å². The van der Waals surface area contributed by atoms with Crippen LogP contribution in [-0.2, 0) is 19.6 Å². The Labute approximate surface area is 261 Å². The molecule has 240 valence electrons. The third-order valence-corrected chi connectivity index (χ3v) is 8.16. The smallest absolute Gasteiger partial charge is 0.335 e. The van der Waals surface area contributed by atoms with E-state index in [1.165, 1.54) is 36.0 Å². The number of anilines is 1. The fourth-order valence-electron chi connectivity index (χ4n) is 5.42. The van der Waals surface area contributed by atoms with Crippen LogP contribution in [0, 0.1) is 0 Å². The number of hydrogen-bond donors (Lipinski definition) is 4. The molecular weight excluding hydrogens is 615 g/mol. The summed E-state index contributed by atoms with van der Waals surface area (Å²) in [5, 5.41) is 11.6. The number of piperazine rings is 1. The van der Waals surface area contributed by atoms with Gasteiger partial charge in [-0.25, -0.2) is 9.78 Å². The zero-order valence-corrected chi connectivity index (χ0v) is 25.4. The summed E-state index contributed by atoms with van der Waals surface area (Å²) in [7, 11) is 1.43. The second-order valence-electron chi connectivity index (χ2n) is 11.4. The highest BCUT2D eigenvalue weighted by Gasteiger charge is 2.39. The molecule has 1 aliphatic carbocycles. The van der Waals surface area contributed by atoms with Crippen molar-refractivity contribution in [2.45, 2.75) is 44.4 Å². The molecule has 2 aliphatic rings. The molecule has 5 rings (SSSR count). The van der Waals surface area contributed by atoms with Gasteiger partial charge >= 0.3 is 12.2 Å². The number of carbonyl (C=O) groups is 3. The summed E-state index contributed by atoms with van der Waals surface area (Å²) in [6, 6.07) is 4.43. The fourth-order valence-corrected chi connectivity index (χ4v) is 5.68. The number of carbonyl (C=O) groups excluding carboxylic acids is 3. The summed E-state index contributed by atoms with van der Waals surface area (Å²) in [5.74, 6) is -1.17. The second-order valence-corrected chi connectivity index (χ2v) is 11.8. The molecule has 2 aromatic heterocycles. The Morgan fingerprint density at radius 1 is 1.16 bits per heavy atom. The highest BCUT2D eigenvalue weighted by atomic mass is 35.5. The topological polar surface area (TPSA) is 154 Å². The van der Waals surface area contributed by atoms with Crippen molar-refractivity contribution in [1.82, 2.24) is 34.9 Å². The minimum Gasteiger partial charge on any atom is -0.335 e. The lowest BCUT2D eigenvalue weighted by Crippen LogP contribution is -2.57. The van der Waals surface area contributed by atoms with Gasteiger partial charge in [0.2, 0.25) is 0 Å². The zero-order valence-electron chi connectivity index (χ0n) is 24.7. The summed E-state index contributed by atoms with van der Waals surface area (Å²) < 4.78 is 42.5. The molecule has 1 saturated carbocycles. The Morgan fingerprint density at radius 2 is 1.82 bits per heavy atom. The first kappa shape index (κ1) is 32.0. The van der Waals surface area contributed by atoms with Crippen LogP contribution in [0.3, 0.4) is 0 Å². The molecule has 12 nitrogen and oxygen atoms in total. The van der Waals surface area contributed by atoms with Gasteiger partial charge in [-0.3, -0.25) is 14.7 Å². The molecule has 0 radical (unpaired) electrons. The van der Waals surface area contributed by atoms with Crippen molar-refractivity contribution in [3.8, 4) is 11.3 Å². The predicted octanol–water partition coefficient (Wildman–Crippen LogP) is 3.81. The summed E-state index contributed by atoms with van der Waals surface area (Å²) in [5.41, 5.74) is 5.78. The lowest BCUT2D eigenvalue weighted by molar-refractivity contribution is -0.140. The summed E-state index contributed by atoms with van der Waals surface area (Å²) in [6.45, 7) is 6.83. The van der Waals surface area contributed by atoms with E-state index in [1.807, 2.05) is 0 Å². The van der Waals surface area contributed by atoms with E-state index in [9.17, 15) is 27.6 Å². The van der Waals surface area contributed by atoms with E-state index in [0.29, 0.717) is 31.8 Å². The maximum absolute atomic E-state index is 13.8. The summed E-state index contributed by atoms with van der Waals surface area (Å²) in [6.07, 6.45) is -1.93. The highest BCUT2D eigenvalue weighted by Crippen LogP contribution is 2.38. The molecule has 5 N–H and O–H groups in total. The van der Waals surface area contributed by atoms with E-state index in [4.69, 9.17) is 17.3 Å². The van der Waals surface area contributed by atoms with Crippen LogP contribution < -0.4 is 16.4 Å². The predicted molar refractivity (Wildman–Crippen MR) is 161 cm³/mol. The first-order valence-electron chi connectivity index (χ1n) is 14.2. The molecule has 1 aliphatic heterocycles. The number of halogens is 4. The van der Waals surface area contributed by atoms with E-state index in [0.717, 1.165) is 12.8 Å². The van der Waals surface area contributed by atoms with Gasteiger partial charge in [-0.1, -0.05) is 23.8 Å². The van der Waals surface area contributed by atoms with Gasteiger partial charge in [-0.2, -0.15) is 18.3 Å². The number of aromatic nitrogens is 4.